The molecule has 0 spiro atoms. The summed E-state index contributed by atoms with van der Waals surface area (Å²) < 4.78 is 0. The van der Waals surface area contributed by atoms with E-state index in [4.69, 9.17) is 0 Å². The topological polar surface area (TPSA) is 0 Å². The third-order valence-corrected chi connectivity index (χ3v) is 2.79. The molecule has 1 heteroatoms. The Hall–Kier alpha value is -1.08. The minimum absolute atomic E-state index is 1.19. The van der Waals surface area contributed by atoms with Gasteiger partial charge in [-0.25, -0.2) is 0 Å². The molecule has 2 aromatic rings. The lowest BCUT2D eigenvalue weighted by molar-refractivity contribution is 1.55. The monoisotopic (exact) mass is 173 g/mol. The zero-order valence-electron chi connectivity index (χ0n) is 6.87. The van der Waals surface area contributed by atoms with Gasteiger partial charge in [0.15, 0.2) is 0 Å². The van der Waals surface area contributed by atoms with Crippen LogP contribution < -0.4 is 0 Å². The summed E-state index contributed by atoms with van der Waals surface area (Å²) in [6.07, 6.45) is 0. The summed E-state index contributed by atoms with van der Waals surface area (Å²) in [5.74, 6) is 0. The van der Waals surface area contributed by atoms with Crippen LogP contribution in [-0.2, 0) is 0 Å². The predicted octanol–water partition coefficient (Wildman–Crippen LogP) is 3.52. The van der Waals surface area contributed by atoms with Crippen LogP contribution >= 0.6 is 11.3 Å². The Morgan fingerprint density at radius 1 is 1.33 bits per heavy atom. The van der Waals surface area contributed by atoms with Gasteiger partial charge in [0.1, 0.15) is 0 Å². The summed E-state index contributed by atoms with van der Waals surface area (Å²) >= 11 is 1.77. The average molecular weight is 173 g/mol. The molecule has 2 rings (SSSR count). The van der Waals surface area contributed by atoms with Crippen molar-refractivity contribution in [3.8, 4) is 10.4 Å². The number of benzene rings is 1. The first kappa shape index (κ1) is 7.56. The van der Waals surface area contributed by atoms with Crippen LogP contribution in [0.4, 0.5) is 0 Å². The Morgan fingerprint density at radius 2 is 2.25 bits per heavy atom. The van der Waals surface area contributed by atoms with Gasteiger partial charge in [-0.2, -0.15) is 0 Å². The van der Waals surface area contributed by atoms with Crippen LogP contribution in [0.15, 0.2) is 35.7 Å². The maximum atomic E-state index is 3.21. The van der Waals surface area contributed by atoms with E-state index in [1.807, 2.05) is 18.2 Å². The van der Waals surface area contributed by atoms with E-state index in [9.17, 15) is 0 Å². The Kier molecular flexibility index (Phi) is 1.96. The summed E-state index contributed by atoms with van der Waals surface area (Å²) in [6.45, 7) is 2.11. The molecular weight excluding hydrogens is 164 g/mol. The van der Waals surface area contributed by atoms with Crippen molar-refractivity contribution in [1.82, 2.24) is 0 Å². The normalized spacial score (nSPS) is 10.1. The van der Waals surface area contributed by atoms with Gasteiger partial charge in [-0.05, 0) is 35.6 Å². The fourth-order valence-electron chi connectivity index (χ4n) is 1.12. The molecule has 0 saturated heterocycles. The second kappa shape index (κ2) is 3.11. The van der Waals surface area contributed by atoms with E-state index in [0.717, 1.165) is 0 Å². The van der Waals surface area contributed by atoms with E-state index in [2.05, 4.69) is 30.5 Å². The molecule has 0 unspecified atom stereocenters. The molecule has 1 aromatic heterocycles. The smallest absolute Gasteiger partial charge is 0.0351 e. The van der Waals surface area contributed by atoms with Crippen molar-refractivity contribution < 1.29 is 0 Å². The highest BCUT2D eigenvalue weighted by Crippen LogP contribution is 2.25. The SMILES string of the molecule is Cc1csc(-c2[c]cccc2)c1. The van der Waals surface area contributed by atoms with Gasteiger partial charge >= 0.3 is 0 Å². The van der Waals surface area contributed by atoms with Crippen molar-refractivity contribution in [1.29, 1.82) is 0 Å². The molecule has 1 aromatic carbocycles. The van der Waals surface area contributed by atoms with Crippen LogP contribution in [0, 0.1) is 13.0 Å². The van der Waals surface area contributed by atoms with E-state index < -0.39 is 0 Å². The molecule has 1 heterocycles. The first-order valence-electron chi connectivity index (χ1n) is 3.88. The van der Waals surface area contributed by atoms with Gasteiger partial charge in [0.25, 0.3) is 0 Å². The second-order valence-corrected chi connectivity index (χ2v) is 3.68. The number of thiophene rings is 1. The fraction of sp³-hybridized carbons (Fsp3) is 0.0909. The highest BCUT2D eigenvalue weighted by molar-refractivity contribution is 7.13. The van der Waals surface area contributed by atoms with Crippen molar-refractivity contribution in [3.63, 3.8) is 0 Å². The molecule has 0 aliphatic carbocycles. The lowest BCUT2D eigenvalue weighted by Crippen LogP contribution is -1.69. The zero-order chi connectivity index (χ0) is 8.39. The minimum Gasteiger partial charge on any atom is -0.144 e. The van der Waals surface area contributed by atoms with Crippen LogP contribution in [0.5, 0.6) is 0 Å². The van der Waals surface area contributed by atoms with Gasteiger partial charge in [0.05, 0.1) is 0 Å². The summed E-state index contributed by atoms with van der Waals surface area (Å²) in [4.78, 5) is 1.30. The van der Waals surface area contributed by atoms with Crippen LogP contribution in [0.2, 0.25) is 0 Å². The molecule has 0 nitrogen and oxygen atoms in total. The highest BCUT2D eigenvalue weighted by Gasteiger charge is 1.98. The number of rotatable bonds is 1. The average Bonchev–Trinajstić information content (AvgIpc) is 2.54. The first-order chi connectivity index (χ1) is 5.86. The van der Waals surface area contributed by atoms with E-state index in [1.165, 1.54) is 16.0 Å². The Morgan fingerprint density at radius 3 is 2.83 bits per heavy atom. The summed E-state index contributed by atoms with van der Waals surface area (Å²) in [5, 5.41) is 2.16. The van der Waals surface area contributed by atoms with Crippen LogP contribution in [0.1, 0.15) is 5.56 Å². The Labute approximate surface area is 76.5 Å². The van der Waals surface area contributed by atoms with E-state index >= 15 is 0 Å². The van der Waals surface area contributed by atoms with Crippen molar-refractivity contribution in [3.05, 3.63) is 47.3 Å². The molecule has 0 aliphatic heterocycles. The molecule has 0 amide bonds. The van der Waals surface area contributed by atoms with Gasteiger partial charge in [-0.3, -0.25) is 0 Å². The van der Waals surface area contributed by atoms with Crippen LogP contribution in [-0.4, -0.2) is 0 Å². The largest absolute Gasteiger partial charge is 0.144 e. The lowest BCUT2D eigenvalue weighted by atomic mass is 10.2. The van der Waals surface area contributed by atoms with Crippen molar-refractivity contribution in [2.75, 3.05) is 0 Å². The molecule has 0 N–H and O–H groups in total. The van der Waals surface area contributed by atoms with E-state index in [1.54, 1.807) is 11.3 Å². The van der Waals surface area contributed by atoms with Crippen molar-refractivity contribution in [2.24, 2.45) is 0 Å². The molecule has 0 bridgehead atoms. The van der Waals surface area contributed by atoms with Crippen LogP contribution in [0.3, 0.4) is 0 Å². The minimum atomic E-state index is 1.19. The van der Waals surface area contributed by atoms with Gasteiger partial charge in [-0.15, -0.1) is 11.3 Å². The maximum Gasteiger partial charge on any atom is 0.0351 e. The van der Waals surface area contributed by atoms with Crippen LogP contribution in [0.25, 0.3) is 10.4 Å². The molecule has 1 radical (unpaired) electrons. The quantitative estimate of drug-likeness (QED) is 0.619. The third kappa shape index (κ3) is 1.41. The number of hydrogen-bond donors (Lipinski definition) is 0. The fourth-order valence-corrected chi connectivity index (χ4v) is 2.01. The Bertz CT molecular complexity index is 360. The number of hydrogen-bond acceptors (Lipinski definition) is 1. The number of aryl methyl sites for hydroxylation is 1. The molecule has 0 saturated carbocycles. The van der Waals surface area contributed by atoms with Gasteiger partial charge in [0, 0.05) is 4.88 Å². The third-order valence-electron chi connectivity index (χ3n) is 1.71. The first-order valence-corrected chi connectivity index (χ1v) is 4.76. The summed E-state index contributed by atoms with van der Waals surface area (Å²) in [7, 11) is 0. The molecule has 59 valence electrons. The molecule has 0 aliphatic rings. The molecule has 0 fully saturated rings. The predicted molar refractivity (Wildman–Crippen MR) is 53.3 cm³/mol. The molecule has 0 atom stereocenters. The summed E-state index contributed by atoms with van der Waals surface area (Å²) in [6, 6.07) is 13.5. The van der Waals surface area contributed by atoms with E-state index in [0.29, 0.717) is 0 Å². The summed E-state index contributed by atoms with van der Waals surface area (Å²) in [5.41, 5.74) is 2.52. The van der Waals surface area contributed by atoms with E-state index in [-0.39, 0.29) is 0 Å². The van der Waals surface area contributed by atoms with Crippen molar-refractivity contribution in [2.45, 2.75) is 6.92 Å². The van der Waals surface area contributed by atoms with Gasteiger partial charge in [0.2, 0.25) is 0 Å². The van der Waals surface area contributed by atoms with Crippen molar-refractivity contribution >= 4 is 11.3 Å². The van der Waals surface area contributed by atoms with Gasteiger partial charge in [-0.1, -0.05) is 24.3 Å². The highest BCUT2D eigenvalue weighted by atomic mass is 32.1. The van der Waals surface area contributed by atoms with Gasteiger partial charge < -0.3 is 0 Å². The maximum absolute atomic E-state index is 3.21. The molecular formula is C11H9S. The standard InChI is InChI=1S/C11H9S/c1-9-7-11(12-8-9)10-5-3-2-4-6-10/h2-5,7-8H,1H3. The molecule has 12 heavy (non-hydrogen) atoms. The Balaban J connectivity index is 2.45. The zero-order valence-corrected chi connectivity index (χ0v) is 7.69. The second-order valence-electron chi connectivity index (χ2n) is 2.76. The lowest BCUT2D eigenvalue weighted by Gasteiger charge is -1.92.